The Labute approximate surface area is 271 Å². The molecule has 0 aliphatic carbocycles. The van der Waals surface area contributed by atoms with Crippen LogP contribution in [0.4, 0.5) is 5.69 Å². The topological polar surface area (TPSA) is 66.2 Å². The summed E-state index contributed by atoms with van der Waals surface area (Å²) < 4.78 is 13.5. The normalized spacial score (nSPS) is 13.9. The van der Waals surface area contributed by atoms with Gasteiger partial charge in [0.2, 0.25) is 11.7 Å². The second-order valence-corrected chi connectivity index (χ2v) is 14.0. The summed E-state index contributed by atoms with van der Waals surface area (Å²) in [6, 6.07) is 25.3. The Hall–Kier alpha value is -3.75. The molecule has 0 saturated carbocycles. The van der Waals surface area contributed by atoms with E-state index in [0.29, 0.717) is 18.6 Å². The number of furan rings is 1. The molecular weight excluding hydrogens is 582 g/mol. The first-order chi connectivity index (χ1) is 21.6. The largest absolute Gasteiger partial charge is 0.460 e. The smallest absolute Gasteiger partial charge is 0.374 e. The lowest BCUT2D eigenvalue weighted by Crippen LogP contribution is -2.49. The number of hydrogen-bond acceptors (Lipinski definition) is 7. The molecule has 4 aromatic rings. The van der Waals surface area contributed by atoms with Crippen LogP contribution in [0, 0.1) is 12.3 Å². The summed E-state index contributed by atoms with van der Waals surface area (Å²) >= 11 is 1.72. The maximum absolute atomic E-state index is 12.9. The predicted octanol–water partition coefficient (Wildman–Crippen LogP) is 7.75. The first-order valence-corrected chi connectivity index (χ1v) is 16.7. The van der Waals surface area contributed by atoms with Crippen LogP contribution in [0.3, 0.4) is 0 Å². The van der Waals surface area contributed by atoms with Crippen molar-refractivity contribution >= 4 is 40.5 Å². The first-order valence-electron chi connectivity index (χ1n) is 15.9. The van der Waals surface area contributed by atoms with Crippen molar-refractivity contribution in [2.75, 3.05) is 44.2 Å². The van der Waals surface area contributed by atoms with Crippen molar-refractivity contribution in [2.24, 2.45) is 5.41 Å². The summed E-state index contributed by atoms with van der Waals surface area (Å²) in [6.45, 7) is 15.1. The number of benzene rings is 3. The minimum atomic E-state index is -0.430. The first kappa shape index (κ1) is 32.6. The summed E-state index contributed by atoms with van der Waals surface area (Å²) in [5, 5.41) is 0.922. The van der Waals surface area contributed by atoms with Gasteiger partial charge in [-0.25, -0.2) is 9.10 Å². The number of carbonyl (C=O) groups excluding carboxylic acids is 2. The van der Waals surface area contributed by atoms with Gasteiger partial charge in [0.25, 0.3) is 0 Å². The van der Waals surface area contributed by atoms with Crippen LogP contribution in [0.1, 0.15) is 61.4 Å². The van der Waals surface area contributed by atoms with Gasteiger partial charge in [-0.15, -0.1) is 0 Å². The van der Waals surface area contributed by atoms with Gasteiger partial charge in [0, 0.05) is 67.2 Å². The van der Waals surface area contributed by atoms with Crippen LogP contribution in [0.25, 0.3) is 11.0 Å². The van der Waals surface area contributed by atoms with Crippen molar-refractivity contribution < 1.29 is 18.7 Å². The van der Waals surface area contributed by atoms with Crippen LogP contribution in [0.15, 0.2) is 82.1 Å². The van der Waals surface area contributed by atoms with Crippen LogP contribution >= 0.6 is 11.9 Å². The van der Waals surface area contributed by atoms with Crippen molar-refractivity contribution in [2.45, 2.75) is 58.9 Å². The van der Waals surface area contributed by atoms with Crippen molar-refractivity contribution in [3.05, 3.63) is 95.2 Å². The van der Waals surface area contributed by atoms with Crippen LogP contribution in [-0.2, 0) is 22.5 Å². The highest BCUT2D eigenvalue weighted by Gasteiger charge is 2.26. The lowest BCUT2D eigenvalue weighted by atomic mass is 9.91. The molecule has 3 aromatic carbocycles. The summed E-state index contributed by atoms with van der Waals surface area (Å²) in [5.74, 6) is 0.0862. The van der Waals surface area contributed by atoms with Gasteiger partial charge in [-0.2, -0.15) is 0 Å². The van der Waals surface area contributed by atoms with E-state index in [4.69, 9.17) is 9.15 Å². The molecule has 0 atom stereocenters. The number of ether oxygens (including phenoxy) is 1. The van der Waals surface area contributed by atoms with Gasteiger partial charge < -0.3 is 19.0 Å². The molecule has 0 unspecified atom stereocenters. The summed E-state index contributed by atoms with van der Waals surface area (Å²) in [7, 11) is 0. The molecular formula is C37H45N3O4S. The number of fused-ring (bicyclic) bond motifs is 1. The van der Waals surface area contributed by atoms with Gasteiger partial charge in [-0.1, -0.05) is 69.3 Å². The second-order valence-electron chi connectivity index (χ2n) is 12.9. The van der Waals surface area contributed by atoms with E-state index in [2.05, 4.69) is 96.7 Å². The minimum absolute atomic E-state index is 0.00822. The van der Waals surface area contributed by atoms with E-state index < -0.39 is 5.97 Å². The molecule has 0 radical (unpaired) electrons. The molecule has 7 nitrogen and oxygen atoms in total. The quantitative estimate of drug-likeness (QED) is 0.124. The van der Waals surface area contributed by atoms with Crippen LogP contribution < -0.4 is 4.90 Å². The van der Waals surface area contributed by atoms with Gasteiger partial charge >= 0.3 is 5.97 Å². The number of carbonyl (C=O) groups is 2. The number of esters is 1. The molecule has 1 aliphatic rings. The molecule has 1 amide bonds. The molecule has 5 rings (SSSR count). The Morgan fingerprint density at radius 3 is 2.38 bits per heavy atom. The molecule has 1 fully saturated rings. The molecule has 8 heteroatoms. The number of para-hydroxylation sites is 1. The van der Waals surface area contributed by atoms with Gasteiger partial charge in [0.1, 0.15) is 5.58 Å². The number of anilines is 1. The van der Waals surface area contributed by atoms with E-state index in [0.717, 1.165) is 61.5 Å². The Bertz CT molecular complexity index is 1600. The summed E-state index contributed by atoms with van der Waals surface area (Å²) in [6.07, 6.45) is 1.50. The third-order valence-corrected chi connectivity index (χ3v) is 9.12. The van der Waals surface area contributed by atoms with Gasteiger partial charge in [-0.05, 0) is 73.0 Å². The Balaban J connectivity index is 1.35. The monoisotopic (exact) mass is 627 g/mol. The average molecular weight is 628 g/mol. The molecule has 0 N–H and O–H groups in total. The van der Waals surface area contributed by atoms with Gasteiger partial charge in [0.05, 0.1) is 6.61 Å². The van der Waals surface area contributed by atoms with E-state index in [1.54, 1.807) is 18.9 Å². The van der Waals surface area contributed by atoms with Gasteiger partial charge in [0.15, 0.2) is 0 Å². The highest BCUT2D eigenvalue weighted by Crippen LogP contribution is 2.34. The minimum Gasteiger partial charge on any atom is -0.460 e. The lowest BCUT2D eigenvalue weighted by Gasteiger charge is -2.38. The van der Waals surface area contributed by atoms with E-state index in [1.165, 1.54) is 16.8 Å². The second kappa shape index (κ2) is 14.6. The van der Waals surface area contributed by atoms with E-state index in [-0.39, 0.29) is 17.1 Å². The highest BCUT2D eigenvalue weighted by molar-refractivity contribution is 7.97. The highest BCUT2D eigenvalue weighted by atomic mass is 32.2. The maximum atomic E-state index is 12.9. The maximum Gasteiger partial charge on any atom is 0.374 e. The average Bonchev–Trinajstić information content (AvgIpc) is 3.35. The van der Waals surface area contributed by atoms with Crippen molar-refractivity contribution in [1.82, 2.24) is 9.21 Å². The van der Waals surface area contributed by atoms with Crippen molar-refractivity contribution in [1.29, 1.82) is 0 Å². The lowest BCUT2D eigenvalue weighted by molar-refractivity contribution is -0.133. The van der Waals surface area contributed by atoms with Crippen LogP contribution in [-0.4, -0.2) is 60.4 Å². The van der Waals surface area contributed by atoms with E-state index >= 15 is 0 Å². The Morgan fingerprint density at radius 1 is 0.956 bits per heavy atom. The number of hydrogen-bond donors (Lipinski definition) is 0. The van der Waals surface area contributed by atoms with Crippen LogP contribution in [0.2, 0.25) is 0 Å². The number of nitrogens with zero attached hydrogens (tertiary/aromatic N) is 3. The molecule has 0 bridgehead atoms. The van der Waals surface area contributed by atoms with E-state index in [9.17, 15) is 9.59 Å². The zero-order valence-corrected chi connectivity index (χ0v) is 28.0. The molecule has 0 spiro atoms. The van der Waals surface area contributed by atoms with Crippen LogP contribution in [0.5, 0.6) is 0 Å². The predicted molar refractivity (Wildman–Crippen MR) is 183 cm³/mol. The fourth-order valence-corrected chi connectivity index (χ4v) is 6.74. The molecule has 238 valence electrons. The molecule has 1 aromatic heterocycles. The molecule has 2 heterocycles. The zero-order chi connectivity index (χ0) is 32.0. The fourth-order valence-electron chi connectivity index (χ4n) is 5.76. The molecule has 1 saturated heterocycles. The van der Waals surface area contributed by atoms with Crippen molar-refractivity contribution in [3.63, 3.8) is 0 Å². The molecule has 45 heavy (non-hydrogen) atoms. The Morgan fingerprint density at radius 2 is 1.67 bits per heavy atom. The van der Waals surface area contributed by atoms with E-state index in [1.807, 2.05) is 17.9 Å². The number of aryl methyl sites for hydroxylation is 1. The summed E-state index contributed by atoms with van der Waals surface area (Å²) in [4.78, 5) is 30.8. The SMILES string of the molecule is CCOC(=O)c1oc2ccc(SN(CCc3ccccc3)Cc3ccccc3N3CCN(C(=O)CC(C)(C)C)CC3)cc2c1C. The fraction of sp³-hybridized carbons (Fsp3) is 0.405. The zero-order valence-electron chi connectivity index (χ0n) is 27.2. The number of rotatable bonds is 11. The Kier molecular flexibility index (Phi) is 10.6. The number of piperazine rings is 1. The standard InChI is InChI=1S/C37H45N3O4S/c1-6-43-36(42)35-27(2)31-24-30(16-17-33(31)44-35)45-40(19-18-28-12-8-7-9-13-28)26-29-14-10-11-15-32(29)38-20-22-39(23-21-38)34(41)25-37(3,4)5/h7-17,24H,6,18-23,25-26H2,1-5H3. The third kappa shape index (κ3) is 8.50. The van der Waals surface area contributed by atoms with Crippen molar-refractivity contribution in [3.8, 4) is 0 Å². The summed E-state index contributed by atoms with van der Waals surface area (Å²) in [5.41, 5.74) is 5.26. The van der Waals surface area contributed by atoms with Gasteiger partial charge in [-0.3, -0.25) is 4.79 Å². The molecule has 1 aliphatic heterocycles. The third-order valence-electron chi connectivity index (χ3n) is 8.09. The number of amides is 1.